The van der Waals surface area contributed by atoms with E-state index in [2.05, 4.69) is 11.6 Å². The molecule has 1 fully saturated rings. The number of hydrogen-bond acceptors (Lipinski definition) is 3. The predicted octanol–water partition coefficient (Wildman–Crippen LogP) is 3.05. The average Bonchev–Trinajstić information content (AvgIpc) is 2.86. The molecule has 22 heavy (non-hydrogen) atoms. The van der Waals surface area contributed by atoms with Crippen LogP contribution in [-0.2, 0) is 11.3 Å². The summed E-state index contributed by atoms with van der Waals surface area (Å²) >= 11 is 1.82. The molecule has 0 saturated carbocycles. The monoisotopic (exact) mass is 324 g/mol. The van der Waals surface area contributed by atoms with Crippen molar-refractivity contribution in [3.8, 4) is 0 Å². The molecular weight excluding hydrogens is 299 g/mol. The van der Waals surface area contributed by atoms with E-state index < -0.39 is 0 Å². The van der Waals surface area contributed by atoms with E-state index in [4.69, 9.17) is 0 Å². The fourth-order valence-electron chi connectivity index (χ4n) is 2.91. The zero-order valence-electron chi connectivity index (χ0n) is 13.2. The van der Waals surface area contributed by atoms with Crippen molar-refractivity contribution in [2.45, 2.75) is 38.3 Å². The van der Waals surface area contributed by atoms with Gasteiger partial charge in [0.15, 0.2) is 0 Å². The third-order valence-corrected chi connectivity index (χ3v) is 4.82. The van der Waals surface area contributed by atoms with Gasteiger partial charge >= 0.3 is 0 Å². The summed E-state index contributed by atoms with van der Waals surface area (Å²) in [7, 11) is 0. The summed E-state index contributed by atoms with van der Waals surface area (Å²) in [6, 6.07) is 7.19. The number of halogens is 1. The summed E-state index contributed by atoms with van der Waals surface area (Å²) in [5.41, 5.74) is 0.696. The topological polar surface area (TPSA) is 32.3 Å². The number of carbonyl (C=O) groups excluding carboxylic acids is 1. The van der Waals surface area contributed by atoms with Crippen LogP contribution in [0.1, 0.15) is 31.2 Å². The lowest BCUT2D eigenvalue weighted by atomic mass is 10.1. The first-order chi connectivity index (χ1) is 10.7. The molecule has 0 aromatic heterocycles. The van der Waals surface area contributed by atoms with Crippen LogP contribution in [0.2, 0.25) is 0 Å². The smallest absolute Gasteiger partial charge is 0.222 e. The molecule has 1 aliphatic rings. The minimum atomic E-state index is -0.162. The lowest BCUT2D eigenvalue weighted by molar-refractivity contribution is -0.129. The van der Waals surface area contributed by atoms with Gasteiger partial charge in [-0.25, -0.2) is 4.39 Å². The molecule has 1 amide bonds. The molecule has 1 saturated heterocycles. The summed E-state index contributed by atoms with van der Waals surface area (Å²) in [4.78, 5) is 14.0. The lowest BCUT2D eigenvalue weighted by Gasteiger charge is -2.25. The number of likely N-dealkylation sites (tertiary alicyclic amines) is 1. The number of hydrogen-bond donors (Lipinski definition) is 1. The standard InChI is InChI=1S/C17H25FN2OS/c1-22-12-4-11-20-15(7-8-17(20)21)9-10-19-13-14-5-2-3-6-16(14)18/h2-3,5-6,15,19H,4,7-13H2,1H3. The van der Waals surface area contributed by atoms with Crippen LogP contribution in [0, 0.1) is 5.82 Å². The third-order valence-electron chi connectivity index (χ3n) is 4.13. The number of carbonyl (C=O) groups is 1. The first-order valence-corrected chi connectivity index (χ1v) is 9.34. The van der Waals surface area contributed by atoms with E-state index in [1.54, 1.807) is 12.1 Å². The van der Waals surface area contributed by atoms with E-state index in [1.165, 1.54) is 6.07 Å². The van der Waals surface area contributed by atoms with Crippen LogP contribution in [0.5, 0.6) is 0 Å². The van der Waals surface area contributed by atoms with Crippen LogP contribution in [-0.4, -0.2) is 41.9 Å². The Hall–Kier alpha value is -1.07. The van der Waals surface area contributed by atoms with Crippen molar-refractivity contribution in [3.05, 3.63) is 35.6 Å². The SMILES string of the molecule is CSCCCN1C(=O)CCC1CCNCc1ccccc1F. The van der Waals surface area contributed by atoms with Crippen LogP contribution >= 0.6 is 11.8 Å². The molecule has 3 nitrogen and oxygen atoms in total. The van der Waals surface area contributed by atoms with E-state index in [0.717, 1.165) is 38.1 Å². The fourth-order valence-corrected chi connectivity index (χ4v) is 3.33. The maximum absolute atomic E-state index is 13.5. The molecule has 1 heterocycles. The third kappa shape index (κ3) is 4.99. The second kappa shape index (κ2) is 9.16. The summed E-state index contributed by atoms with van der Waals surface area (Å²) in [6.07, 6.45) is 5.73. The van der Waals surface area contributed by atoms with Crippen molar-refractivity contribution in [1.29, 1.82) is 0 Å². The van der Waals surface area contributed by atoms with Crippen molar-refractivity contribution in [2.24, 2.45) is 0 Å². The molecule has 5 heteroatoms. The average molecular weight is 324 g/mol. The van der Waals surface area contributed by atoms with Crippen molar-refractivity contribution in [2.75, 3.05) is 25.1 Å². The van der Waals surface area contributed by atoms with Gasteiger partial charge in [-0.1, -0.05) is 18.2 Å². The van der Waals surface area contributed by atoms with Gasteiger partial charge in [0.2, 0.25) is 5.91 Å². The van der Waals surface area contributed by atoms with Crippen LogP contribution in [0.15, 0.2) is 24.3 Å². The Balaban J connectivity index is 1.71. The minimum Gasteiger partial charge on any atom is -0.340 e. The normalized spacial score (nSPS) is 18.2. The zero-order chi connectivity index (χ0) is 15.8. The molecule has 0 bridgehead atoms. The van der Waals surface area contributed by atoms with Crippen molar-refractivity contribution >= 4 is 17.7 Å². The second-order valence-corrected chi connectivity index (χ2v) is 6.67. The van der Waals surface area contributed by atoms with Crippen molar-refractivity contribution < 1.29 is 9.18 Å². The van der Waals surface area contributed by atoms with Crippen LogP contribution in [0.25, 0.3) is 0 Å². The van der Waals surface area contributed by atoms with Crippen molar-refractivity contribution in [1.82, 2.24) is 10.2 Å². The molecule has 1 aromatic carbocycles. The second-order valence-electron chi connectivity index (χ2n) is 5.68. The highest BCUT2D eigenvalue weighted by molar-refractivity contribution is 7.98. The molecule has 0 spiro atoms. The molecule has 1 aromatic rings. The van der Waals surface area contributed by atoms with Crippen LogP contribution in [0.3, 0.4) is 0 Å². The van der Waals surface area contributed by atoms with Gasteiger partial charge in [-0.15, -0.1) is 0 Å². The summed E-state index contributed by atoms with van der Waals surface area (Å²) in [5.74, 6) is 1.23. The number of nitrogens with zero attached hydrogens (tertiary/aromatic N) is 1. The maximum atomic E-state index is 13.5. The first-order valence-electron chi connectivity index (χ1n) is 7.95. The summed E-state index contributed by atoms with van der Waals surface area (Å²) in [6.45, 7) is 2.22. The number of nitrogens with one attached hydrogen (secondary N) is 1. The molecule has 1 aliphatic heterocycles. The molecule has 0 aliphatic carbocycles. The van der Waals surface area contributed by atoms with E-state index in [1.807, 2.05) is 22.7 Å². The number of rotatable bonds is 9. The highest BCUT2D eigenvalue weighted by atomic mass is 32.2. The Morgan fingerprint density at radius 3 is 3.00 bits per heavy atom. The quantitative estimate of drug-likeness (QED) is 0.709. The van der Waals surface area contributed by atoms with Gasteiger partial charge in [-0.05, 0) is 43.9 Å². The molecule has 1 unspecified atom stereocenters. The van der Waals surface area contributed by atoms with Crippen LogP contribution in [0.4, 0.5) is 4.39 Å². The van der Waals surface area contributed by atoms with Gasteiger partial charge in [0, 0.05) is 31.1 Å². The summed E-state index contributed by atoms with van der Waals surface area (Å²) in [5, 5.41) is 3.29. The highest BCUT2D eigenvalue weighted by Gasteiger charge is 2.29. The van der Waals surface area contributed by atoms with E-state index in [-0.39, 0.29) is 5.82 Å². The van der Waals surface area contributed by atoms with Gasteiger partial charge in [-0.2, -0.15) is 11.8 Å². The molecule has 1 atom stereocenters. The minimum absolute atomic E-state index is 0.162. The van der Waals surface area contributed by atoms with Crippen molar-refractivity contribution in [3.63, 3.8) is 0 Å². The molecule has 122 valence electrons. The molecular formula is C17H25FN2OS. The Morgan fingerprint density at radius 1 is 1.41 bits per heavy atom. The Bertz CT molecular complexity index is 483. The lowest BCUT2D eigenvalue weighted by Crippen LogP contribution is -2.36. The molecule has 0 radical (unpaired) electrons. The summed E-state index contributed by atoms with van der Waals surface area (Å²) < 4.78 is 13.5. The molecule has 1 N–H and O–H groups in total. The van der Waals surface area contributed by atoms with Gasteiger partial charge in [0.1, 0.15) is 5.82 Å². The van der Waals surface area contributed by atoms with E-state index in [0.29, 0.717) is 30.5 Å². The maximum Gasteiger partial charge on any atom is 0.222 e. The van der Waals surface area contributed by atoms with E-state index >= 15 is 0 Å². The largest absolute Gasteiger partial charge is 0.340 e. The highest BCUT2D eigenvalue weighted by Crippen LogP contribution is 2.21. The zero-order valence-corrected chi connectivity index (χ0v) is 14.0. The Morgan fingerprint density at radius 2 is 2.23 bits per heavy atom. The Labute approximate surface area is 136 Å². The first kappa shape index (κ1) is 17.3. The molecule has 2 rings (SSSR count). The number of amides is 1. The van der Waals surface area contributed by atoms with E-state index in [9.17, 15) is 9.18 Å². The number of benzene rings is 1. The van der Waals surface area contributed by atoms with Crippen LogP contribution < -0.4 is 5.32 Å². The Kier molecular flexibility index (Phi) is 7.19. The number of thioether (sulfide) groups is 1. The van der Waals surface area contributed by atoms with Gasteiger partial charge in [-0.3, -0.25) is 4.79 Å². The van der Waals surface area contributed by atoms with Gasteiger partial charge < -0.3 is 10.2 Å². The van der Waals surface area contributed by atoms with Gasteiger partial charge in [0.05, 0.1) is 0 Å². The fraction of sp³-hybridized carbons (Fsp3) is 0.588. The predicted molar refractivity (Wildman–Crippen MR) is 90.5 cm³/mol. The van der Waals surface area contributed by atoms with Gasteiger partial charge in [0.25, 0.3) is 0 Å².